The van der Waals surface area contributed by atoms with Crippen molar-refractivity contribution in [2.75, 3.05) is 13.2 Å². The Balaban J connectivity index is 2.27. The third-order valence-electron chi connectivity index (χ3n) is 4.83. The van der Waals surface area contributed by atoms with Gasteiger partial charge in [0.15, 0.2) is 0 Å². The SMILES string of the molecule is CCCCCC(O)C=C[C@H]1CC[C@H](O)[C@@H]1CCCCOCC(=O)O. The van der Waals surface area contributed by atoms with Gasteiger partial charge in [-0.3, -0.25) is 0 Å². The fourth-order valence-corrected chi connectivity index (χ4v) is 3.44. The molecule has 0 saturated heterocycles. The Labute approximate surface area is 145 Å². The zero-order valence-electron chi connectivity index (χ0n) is 14.9. The molecule has 0 spiro atoms. The number of allylic oxidation sites excluding steroid dienone is 1. The molecule has 4 atom stereocenters. The van der Waals surface area contributed by atoms with Crippen LogP contribution in [0.15, 0.2) is 12.2 Å². The van der Waals surface area contributed by atoms with Crippen LogP contribution in [0.4, 0.5) is 0 Å². The Hall–Kier alpha value is -0.910. The van der Waals surface area contributed by atoms with E-state index in [1.54, 1.807) is 0 Å². The lowest BCUT2D eigenvalue weighted by Crippen LogP contribution is -2.18. The summed E-state index contributed by atoms with van der Waals surface area (Å²) in [6, 6.07) is 0. The van der Waals surface area contributed by atoms with Crippen molar-refractivity contribution < 1.29 is 24.9 Å². The topological polar surface area (TPSA) is 87.0 Å². The van der Waals surface area contributed by atoms with Crippen molar-refractivity contribution in [3.05, 3.63) is 12.2 Å². The van der Waals surface area contributed by atoms with Gasteiger partial charge >= 0.3 is 5.97 Å². The van der Waals surface area contributed by atoms with E-state index < -0.39 is 5.97 Å². The number of hydrogen-bond donors (Lipinski definition) is 3. The van der Waals surface area contributed by atoms with Gasteiger partial charge in [-0.2, -0.15) is 0 Å². The molecule has 0 heterocycles. The van der Waals surface area contributed by atoms with Gasteiger partial charge in [-0.05, 0) is 43.9 Å². The average molecular weight is 342 g/mol. The van der Waals surface area contributed by atoms with Crippen molar-refractivity contribution in [2.45, 2.75) is 76.9 Å². The van der Waals surface area contributed by atoms with Crippen molar-refractivity contribution >= 4 is 5.97 Å². The zero-order valence-corrected chi connectivity index (χ0v) is 14.9. The molecule has 5 heteroatoms. The Bertz CT molecular complexity index is 369. The molecule has 0 aromatic rings. The van der Waals surface area contributed by atoms with Crippen molar-refractivity contribution in [1.82, 2.24) is 0 Å². The largest absolute Gasteiger partial charge is 0.480 e. The van der Waals surface area contributed by atoms with Gasteiger partial charge in [0.05, 0.1) is 12.2 Å². The summed E-state index contributed by atoms with van der Waals surface area (Å²) in [5, 5.41) is 28.7. The first-order valence-electron chi connectivity index (χ1n) is 9.38. The summed E-state index contributed by atoms with van der Waals surface area (Å²) in [4.78, 5) is 10.4. The van der Waals surface area contributed by atoms with E-state index in [0.29, 0.717) is 12.5 Å². The third-order valence-corrected chi connectivity index (χ3v) is 4.83. The van der Waals surface area contributed by atoms with Gasteiger partial charge in [-0.15, -0.1) is 0 Å². The summed E-state index contributed by atoms with van der Waals surface area (Å²) in [6.07, 6.45) is 12.0. The number of aliphatic hydroxyl groups excluding tert-OH is 2. The van der Waals surface area contributed by atoms with Crippen molar-refractivity contribution in [1.29, 1.82) is 0 Å². The summed E-state index contributed by atoms with van der Waals surface area (Å²) in [5.41, 5.74) is 0. The summed E-state index contributed by atoms with van der Waals surface area (Å²) in [7, 11) is 0. The molecule has 1 unspecified atom stereocenters. The van der Waals surface area contributed by atoms with Gasteiger partial charge in [-0.1, -0.05) is 44.8 Å². The maximum Gasteiger partial charge on any atom is 0.329 e. The molecule has 0 aromatic heterocycles. The first-order valence-corrected chi connectivity index (χ1v) is 9.38. The second-order valence-electron chi connectivity index (χ2n) is 6.86. The van der Waals surface area contributed by atoms with Crippen molar-refractivity contribution in [2.24, 2.45) is 11.8 Å². The molecule has 3 N–H and O–H groups in total. The average Bonchev–Trinajstić information content (AvgIpc) is 2.89. The molecule has 1 saturated carbocycles. The van der Waals surface area contributed by atoms with Crippen LogP contribution in [0, 0.1) is 11.8 Å². The molecule has 140 valence electrons. The van der Waals surface area contributed by atoms with E-state index in [9.17, 15) is 15.0 Å². The number of unbranched alkanes of at least 4 members (excludes halogenated alkanes) is 3. The predicted octanol–water partition coefficient (Wildman–Crippen LogP) is 3.14. The van der Waals surface area contributed by atoms with E-state index in [0.717, 1.165) is 57.8 Å². The van der Waals surface area contributed by atoms with Crippen LogP contribution in [0.1, 0.15) is 64.7 Å². The lowest BCUT2D eigenvalue weighted by atomic mass is 9.89. The van der Waals surface area contributed by atoms with E-state index in [1.165, 1.54) is 0 Å². The van der Waals surface area contributed by atoms with Crippen LogP contribution in [-0.4, -0.2) is 46.7 Å². The van der Waals surface area contributed by atoms with E-state index in [4.69, 9.17) is 9.84 Å². The minimum absolute atomic E-state index is 0.239. The second kappa shape index (κ2) is 12.5. The number of rotatable bonds is 13. The quantitative estimate of drug-likeness (QED) is 0.353. The lowest BCUT2D eigenvalue weighted by molar-refractivity contribution is -0.142. The summed E-state index contributed by atoms with van der Waals surface area (Å²) < 4.78 is 5.03. The fourth-order valence-electron chi connectivity index (χ4n) is 3.44. The van der Waals surface area contributed by atoms with Gasteiger partial charge in [0.2, 0.25) is 0 Å². The van der Waals surface area contributed by atoms with Gasteiger partial charge < -0.3 is 20.1 Å². The van der Waals surface area contributed by atoms with Crippen molar-refractivity contribution in [3.8, 4) is 0 Å². The van der Waals surface area contributed by atoms with Crippen LogP contribution in [-0.2, 0) is 9.53 Å². The summed E-state index contributed by atoms with van der Waals surface area (Å²) >= 11 is 0. The molecule has 5 nitrogen and oxygen atoms in total. The first-order chi connectivity index (χ1) is 11.5. The van der Waals surface area contributed by atoms with Gasteiger partial charge in [0.1, 0.15) is 6.61 Å². The van der Waals surface area contributed by atoms with Crippen LogP contribution in [0.25, 0.3) is 0 Å². The molecule has 24 heavy (non-hydrogen) atoms. The molecule has 0 aliphatic heterocycles. The standard InChI is InChI=1S/C19H34O5/c1-2-3-4-7-16(20)11-9-15-10-12-18(21)17(15)8-5-6-13-24-14-19(22)23/h9,11,15-18,20-21H,2-8,10,12-14H2,1H3,(H,22,23)/t15-,16?,17+,18-/m0/s1. The highest BCUT2D eigenvalue weighted by Gasteiger charge is 2.32. The molecule has 0 radical (unpaired) electrons. The van der Waals surface area contributed by atoms with Crippen LogP contribution in [0.5, 0.6) is 0 Å². The highest BCUT2D eigenvalue weighted by atomic mass is 16.5. The van der Waals surface area contributed by atoms with E-state index in [2.05, 4.69) is 13.0 Å². The second-order valence-corrected chi connectivity index (χ2v) is 6.86. The maximum absolute atomic E-state index is 10.4. The molecule has 0 aromatic carbocycles. The normalized spacial score (nSPS) is 25.4. The van der Waals surface area contributed by atoms with Crippen LogP contribution in [0.2, 0.25) is 0 Å². The molecule has 1 fully saturated rings. The Morgan fingerprint density at radius 1 is 1.25 bits per heavy atom. The number of ether oxygens (including phenoxy) is 1. The van der Waals surface area contributed by atoms with Gasteiger partial charge in [0.25, 0.3) is 0 Å². The van der Waals surface area contributed by atoms with Crippen LogP contribution < -0.4 is 0 Å². The summed E-state index contributed by atoms with van der Waals surface area (Å²) in [6.45, 7) is 2.36. The minimum Gasteiger partial charge on any atom is -0.480 e. The van der Waals surface area contributed by atoms with Crippen LogP contribution >= 0.6 is 0 Å². The Kier molecular flexibility index (Phi) is 11.0. The Morgan fingerprint density at radius 2 is 2.04 bits per heavy atom. The molecular weight excluding hydrogens is 308 g/mol. The molecular formula is C19H34O5. The molecule has 0 amide bonds. The highest BCUT2D eigenvalue weighted by molar-refractivity contribution is 5.67. The van der Waals surface area contributed by atoms with E-state index in [-0.39, 0.29) is 24.7 Å². The first kappa shape index (κ1) is 21.1. The number of aliphatic carboxylic acids is 1. The number of carboxylic acid groups (broad SMARTS) is 1. The number of carbonyl (C=O) groups is 1. The number of carboxylic acids is 1. The number of aliphatic hydroxyl groups is 2. The molecule has 0 bridgehead atoms. The predicted molar refractivity (Wildman–Crippen MR) is 93.8 cm³/mol. The van der Waals surface area contributed by atoms with E-state index >= 15 is 0 Å². The Morgan fingerprint density at radius 3 is 2.75 bits per heavy atom. The van der Waals surface area contributed by atoms with Crippen molar-refractivity contribution in [3.63, 3.8) is 0 Å². The third kappa shape index (κ3) is 8.81. The fraction of sp³-hybridized carbons (Fsp3) is 0.842. The molecule has 1 rings (SSSR count). The monoisotopic (exact) mass is 342 g/mol. The zero-order chi connectivity index (χ0) is 17.8. The number of hydrogen-bond acceptors (Lipinski definition) is 4. The molecule has 1 aliphatic carbocycles. The van der Waals surface area contributed by atoms with Gasteiger partial charge in [0, 0.05) is 6.61 Å². The smallest absolute Gasteiger partial charge is 0.329 e. The highest BCUT2D eigenvalue weighted by Crippen LogP contribution is 2.36. The maximum atomic E-state index is 10.4. The van der Waals surface area contributed by atoms with E-state index in [1.807, 2.05) is 6.08 Å². The summed E-state index contributed by atoms with van der Waals surface area (Å²) in [5.74, 6) is -0.367. The van der Waals surface area contributed by atoms with Crippen LogP contribution in [0.3, 0.4) is 0 Å². The molecule has 1 aliphatic rings. The van der Waals surface area contributed by atoms with Gasteiger partial charge in [-0.25, -0.2) is 4.79 Å². The minimum atomic E-state index is -0.941. The lowest BCUT2D eigenvalue weighted by Gasteiger charge is -2.20.